The zero-order chi connectivity index (χ0) is 14.1. The average molecular weight is 268 g/mol. The van der Waals surface area contributed by atoms with Gasteiger partial charge in [0.15, 0.2) is 0 Å². The van der Waals surface area contributed by atoms with E-state index in [0.29, 0.717) is 0 Å². The molecule has 0 radical (unpaired) electrons. The Kier molecular flexibility index (Phi) is 7.70. The maximum absolute atomic E-state index is 4.97. The molecule has 0 bridgehead atoms. The van der Waals surface area contributed by atoms with Crippen LogP contribution in [0.15, 0.2) is 0 Å². The van der Waals surface area contributed by atoms with Crippen molar-refractivity contribution in [3.05, 3.63) is 17.0 Å². The van der Waals surface area contributed by atoms with Crippen LogP contribution in [0, 0.1) is 13.8 Å². The second-order valence-electron chi connectivity index (χ2n) is 4.87. The number of aromatic nitrogens is 2. The zero-order valence-electron chi connectivity index (χ0n) is 12.8. The normalized spacial score (nSPS) is 11.2. The van der Waals surface area contributed by atoms with Crippen molar-refractivity contribution in [2.24, 2.45) is 7.05 Å². The van der Waals surface area contributed by atoms with Gasteiger partial charge in [-0.3, -0.25) is 4.68 Å². The third-order valence-electron chi connectivity index (χ3n) is 3.40. The Morgan fingerprint density at radius 3 is 2.37 bits per heavy atom. The van der Waals surface area contributed by atoms with Crippen LogP contribution in [0.3, 0.4) is 0 Å². The summed E-state index contributed by atoms with van der Waals surface area (Å²) in [6.45, 7) is 9.06. The molecule has 5 heteroatoms. The van der Waals surface area contributed by atoms with E-state index in [2.05, 4.69) is 29.6 Å². The zero-order valence-corrected chi connectivity index (χ0v) is 12.8. The quantitative estimate of drug-likeness (QED) is 0.616. The SMILES string of the molecule is COCCNCCCNCCc1c(C)nn(C)c1C. The number of nitrogens with one attached hydrogen (secondary N) is 2. The molecule has 0 saturated carbocycles. The number of methoxy groups -OCH3 is 1. The van der Waals surface area contributed by atoms with Crippen molar-refractivity contribution in [2.45, 2.75) is 26.7 Å². The molecule has 0 spiro atoms. The van der Waals surface area contributed by atoms with E-state index in [1.54, 1.807) is 7.11 Å². The molecule has 5 nitrogen and oxygen atoms in total. The first-order valence-corrected chi connectivity index (χ1v) is 7.06. The number of aryl methyl sites for hydroxylation is 2. The molecule has 2 N–H and O–H groups in total. The van der Waals surface area contributed by atoms with Gasteiger partial charge < -0.3 is 15.4 Å². The van der Waals surface area contributed by atoms with Gasteiger partial charge in [0.2, 0.25) is 0 Å². The van der Waals surface area contributed by atoms with E-state index >= 15 is 0 Å². The summed E-state index contributed by atoms with van der Waals surface area (Å²) in [4.78, 5) is 0. The third kappa shape index (κ3) is 5.72. The Morgan fingerprint density at radius 1 is 1.11 bits per heavy atom. The van der Waals surface area contributed by atoms with Crippen LogP contribution in [0.1, 0.15) is 23.4 Å². The average Bonchev–Trinajstić information content (AvgIpc) is 2.63. The van der Waals surface area contributed by atoms with Crippen LogP contribution in [-0.4, -0.2) is 49.7 Å². The molecule has 0 aliphatic carbocycles. The van der Waals surface area contributed by atoms with Gasteiger partial charge in [0.25, 0.3) is 0 Å². The summed E-state index contributed by atoms with van der Waals surface area (Å²) in [5.41, 5.74) is 3.82. The van der Waals surface area contributed by atoms with Gasteiger partial charge in [0.1, 0.15) is 0 Å². The van der Waals surface area contributed by atoms with Gasteiger partial charge in [-0.05, 0) is 51.9 Å². The number of rotatable bonds is 10. The fourth-order valence-corrected chi connectivity index (χ4v) is 2.16. The van der Waals surface area contributed by atoms with Crippen LogP contribution in [0.2, 0.25) is 0 Å². The fourth-order valence-electron chi connectivity index (χ4n) is 2.16. The Balaban J connectivity index is 2.05. The highest BCUT2D eigenvalue weighted by Crippen LogP contribution is 2.11. The molecule has 1 aromatic heterocycles. The summed E-state index contributed by atoms with van der Waals surface area (Å²) in [6.07, 6.45) is 2.21. The molecule has 19 heavy (non-hydrogen) atoms. The van der Waals surface area contributed by atoms with Crippen LogP contribution in [-0.2, 0) is 18.2 Å². The Morgan fingerprint density at radius 2 is 1.79 bits per heavy atom. The number of hydrogen-bond acceptors (Lipinski definition) is 4. The smallest absolute Gasteiger partial charge is 0.0628 e. The Labute approximate surface area is 116 Å². The highest BCUT2D eigenvalue weighted by atomic mass is 16.5. The van der Waals surface area contributed by atoms with Crippen molar-refractivity contribution >= 4 is 0 Å². The second kappa shape index (κ2) is 9.07. The maximum atomic E-state index is 4.97. The number of ether oxygens (including phenoxy) is 1. The van der Waals surface area contributed by atoms with Gasteiger partial charge in [-0.2, -0.15) is 5.10 Å². The number of nitrogens with zero attached hydrogens (tertiary/aromatic N) is 2. The molecule has 0 atom stereocenters. The van der Waals surface area contributed by atoms with E-state index in [1.165, 1.54) is 11.3 Å². The first-order chi connectivity index (χ1) is 9.16. The summed E-state index contributed by atoms with van der Waals surface area (Å²) in [5, 5.41) is 11.3. The first-order valence-electron chi connectivity index (χ1n) is 7.06. The van der Waals surface area contributed by atoms with E-state index in [0.717, 1.165) is 51.3 Å². The van der Waals surface area contributed by atoms with E-state index in [-0.39, 0.29) is 0 Å². The lowest BCUT2D eigenvalue weighted by atomic mass is 10.1. The van der Waals surface area contributed by atoms with Crippen LogP contribution >= 0.6 is 0 Å². The lowest BCUT2D eigenvalue weighted by Crippen LogP contribution is -2.25. The van der Waals surface area contributed by atoms with Crippen molar-refractivity contribution in [1.29, 1.82) is 0 Å². The molecule has 0 amide bonds. The maximum Gasteiger partial charge on any atom is 0.0628 e. The fraction of sp³-hybridized carbons (Fsp3) is 0.786. The Bertz CT molecular complexity index is 363. The van der Waals surface area contributed by atoms with Crippen LogP contribution in [0.25, 0.3) is 0 Å². The monoisotopic (exact) mass is 268 g/mol. The lowest BCUT2D eigenvalue weighted by molar-refractivity contribution is 0.199. The summed E-state index contributed by atoms with van der Waals surface area (Å²) in [6, 6.07) is 0. The van der Waals surface area contributed by atoms with E-state index in [4.69, 9.17) is 4.74 Å². The predicted octanol–water partition coefficient (Wildman–Crippen LogP) is 0.795. The van der Waals surface area contributed by atoms with Gasteiger partial charge in [-0.1, -0.05) is 0 Å². The molecule has 1 heterocycles. The van der Waals surface area contributed by atoms with Crippen LogP contribution in [0.4, 0.5) is 0 Å². The minimum atomic E-state index is 0.785. The number of hydrogen-bond donors (Lipinski definition) is 2. The minimum Gasteiger partial charge on any atom is -0.383 e. The van der Waals surface area contributed by atoms with E-state index in [9.17, 15) is 0 Å². The predicted molar refractivity (Wildman–Crippen MR) is 78.6 cm³/mol. The molecule has 0 aromatic carbocycles. The summed E-state index contributed by atoms with van der Waals surface area (Å²) in [7, 11) is 3.73. The van der Waals surface area contributed by atoms with Gasteiger partial charge in [-0.15, -0.1) is 0 Å². The lowest BCUT2D eigenvalue weighted by Gasteiger charge is -2.06. The molecule has 110 valence electrons. The Hall–Kier alpha value is -0.910. The first kappa shape index (κ1) is 16.1. The van der Waals surface area contributed by atoms with Crippen molar-refractivity contribution in [1.82, 2.24) is 20.4 Å². The second-order valence-corrected chi connectivity index (χ2v) is 4.87. The van der Waals surface area contributed by atoms with E-state index in [1.807, 2.05) is 11.7 Å². The van der Waals surface area contributed by atoms with Crippen LogP contribution in [0.5, 0.6) is 0 Å². The third-order valence-corrected chi connectivity index (χ3v) is 3.40. The standard InChI is InChI=1S/C14H28N4O/c1-12-14(13(2)18(3)17-12)6-9-15-7-5-8-16-10-11-19-4/h15-16H,5-11H2,1-4H3. The van der Waals surface area contributed by atoms with Crippen molar-refractivity contribution in [3.63, 3.8) is 0 Å². The topological polar surface area (TPSA) is 51.1 Å². The summed E-state index contributed by atoms with van der Waals surface area (Å²) < 4.78 is 6.94. The minimum absolute atomic E-state index is 0.785. The molecule has 0 aliphatic heterocycles. The molecule has 0 saturated heterocycles. The van der Waals surface area contributed by atoms with Crippen molar-refractivity contribution in [3.8, 4) is 0 Å². The van der Waals surface area contributed by atoms with Gasteiger partial charge >= 0.3 is 0 Å². The van der Waals surface area contributed by atoms with Gasteiger partial charge in [-0.25, -0.2) is 0 Å². The summed E-state index contributed by atoms with van der Waals surface area (Å²) >= 11 is 0. The molecular formula is C14H28N4O. The molecule has 1 aromatic rings. The van der Waals surface area contributed by atoms with Crippen molar-refractivity contribution < 1.29 is 4.74 Å². The highest BCUT2D eigenvalue weighted by molar-refractivity contribution is 5.24. The van der Waals surface area contributed by atoms with E-state index < -0.39 is 0 Å². The van der Waals surface area contributed by atoms with Crippen LogP contribution < -0.4 is 10.6 Å². The molecule has 1 rings (SSSR count). The van der Waals surface area contributed by atoms with Crippen molar-refractivity contribution in [2.75, 3.05) is 39.9 Å². The highest BCUT2D eigenvalue weighted by Gasteiger charge is 2.07. The molecular weight excluding hydrogens is 240 g/mol. The van der Waals surface area contributed by atoms with Gasteiger partial charge in [0.05, 0.1) is 12.3 Å². The molecule has 0 unspecified atom stereocenters. The molecule has 0 aliphatic rings. The molecule has 0 fully saturated rings. The summed E-state index contributed by atoms with van der Waals surface area (Å²) in [5.74, 6) is 0. The van der Waals surface area contributed by atoms with Gasteiger partial charge in [0, 0.05) is 26.4 Å². The largest absolute Gasteiger partial charge is 0.383 e.